The fourth-order valence-electron chi connectivity index (χ4n) is 3.02. The molecule has 194 valence electrons. The molecule has 1 aromatic rings. The number of amides is 4. The van der Waals surface area contributed by atoms with Crippen LogP contribution in [0.2, 0.25) is 0 Å². The van der Waals surface area contributed by atoms with E-state index >= 15 is 0 Å². The molecule has 0 aliphatic heterocycles. The van der Waals surface area contributed by atoms with Crippen molar-refractivity contribution in [2.24, 2.45) is 17.4 Å². The first-order chi connectivity index (χ1) is 16.3. The van der Waals surface area contributed by atoms with Crippen LogP contribution in [-0.4, -0.2) is 75.7 Å². The van der Waals surface area contributed by atoms with Crippen LogP contribution in [-0.2, 0) is 30.4 Å². The molecular weight excluding hydrogens is 462 g/mol. The predicted octanol–water partition coefficient (Wildman–Crippen LogP) is -2.29. The highest BCUT2D eigenvalue weighted by Gasteiger charge is 2.31. The Labute approximate surface area is 202 Å². The number of benzene rings is 1. The maximum Gasteiger partial charge on any atom is 0.328 e. The van der Waals surface area contributed by atoms with E-state index in [0.717, 1.165) is 0 Å². The Bertz CT molecular complexity index is 906. The van der Waals surface area contributed by atoms with E-state index in [2.05, 4.69) is 16.0 Å². The van der Waals surface area contributed by atoms with Crippen molar-refractivity contribution in [1.29, 1.82) is 0 Å². The van der Waals surface area contributed by atoms with Gasteiger partial charge in [-0.2, -0.15) is 0 Å². The molecule has 0 bridgehead atoms. The Morgan fingerprint density at radius 1 is 0.914 bits per heavy atom. The normalized spacial score (nSPS) is 14.3. The zero-order valence-electron chi connectivity index (χ0n) is 19.6. The summed E-state index contributed by atoms with van der Waals surface area (Å²) in [5, 5.41) is 35.0. The van der Waals surface area contributed by atoms with Crippen molar-refractivity contribution in [1.82, 2.24) is 16.0 Å². The van der Waals surface area contributed by atoms with Crippen LogP contribution in [0.25, 0.3) is 0 Å². The van der Waals surface area contributed by atoms with Gasteiger partial charge in [0.15, 0.2) is 0 Å². The maximum absolute atomic E-state index is 13.0. The van der Waals surface area contributed by atoms with Crippen LogP contribution in [0.15, 0.2) is 24.3 Å². The second-order valence-electron chi connectivity index (χ2n) is 8.36. The number of aromatic hydroxyl groups is 1. The van der Waals surface area contributed by atoms with Crippen molar-refractivity contribution in [2.45, 2.75) is 57.3 Å². The third-order valence-electron chi connectivity index (χ3n) is 5.09. The number of aliphatic carboxylic acids is 1. The van der Waals surface area contributed by atoms with Gasteiger partial charge in [-0.3, -0.25) is 19.2 Å². The lowest BCUT2D eigenvalue weighted by Crippen LogP contribution is -2.59. The number of aliphatic hydroxyl groups excluding tert-OH is 1. The summed E-state index contributed by atoms with van der Waals surface area (Å²) in [7, 11) is 0. The minimum atomic E-state index is -1.59. The van der Waals surface area contributed by atoms with Gasteiger partial charge in [0.05, 0.1) is 12.6 Å². The molecule has 0 heterocycles. The lowest BCUT2D eigenvalue weighted by Gasteiger charge is -2.27. The van der Waals surface area contributed by atoms with Crippen molar-refractivity contribution in [3.05, 3.63) is 29.8 Å². The molecule has 13 nitrogen and oxygen atoms in total. The first kappa shape index (κ1) is 29.3. The topological polar surface area (TPSA) is 234 Å². The molecule has 10 N–H and O–H groups in total. The number of aliphatic hydroxyl groups is 1. The van der Waals surface area contributed by atoms with Gasteiger partial charge in [-0.15, -0.1) is 0 Å². The molecule has 35 heavy (non-hydrogen) atoms. The van der Waals surface area contributed by atoms with Crippen LogP contribution in [0.5, 0.6) is 5.75 Å². The van der Waals surface area contributed by atoms with Crippen LogP contribution in [0.4, 0.5) is 0 Å². The summed E-state index contributed by atoms with van der Waals surface area (Å²) in [4.78, 5) is 60.4. The minimum Gasteiger partial charge on any atom is -0.508 e. The highest BCUT2D eigenvalue weighted by molar-refractivity contribution is 5.94. The van der Waals surface area contributed by atoms with E-state index in [1.54, 1.807) is 13.8 Å². The molecule has 0 aromatic heterocycles. The number of phenolic OH excluding ortho intramolecular Hbond substituents is 1. The number of phenols is 1. The van der Waals surface area contributed by atoms with Crippen LogP contribution in [0.1, 0.15) is 32.3 Å². The lowest BCUT2D eigenvalue weighted by molar-refractivity contribution is -0.143. The summed E-state index contributed by atoms with van der Waals surface area (Å²) >= 11 is 0. The molecule has 13 heteroatoms. The Hall–Kier alpha value is -3.71. The van der Waals surface area contributed by atoms with Gasteiger partial charge in [0.2, 0.25) is 23.6 Å². The first-order valence-electron chi connectivity index (χ1n) is 10.9. The highest BCUT2D eigenvalue weighted by Crippen LogP contribution is 2.12. The average Bonchev–Trinajstić information content (AvgIpc) is 2.79. The van der Waals surface area contributed by atoms with Crippen LogP contribution < -0.4 is 27.4 Å². The molecular formula is C22H33N5O8. The van der Waals surface area contributed by atoms with Crippen molar-refractivity contribution >= 4 is 29.6 Å². The molecule has 0 fully saturated rings. The van der Waals surface area contributed by atoms with E-state index in [1.165, 1.54) is 24.3 Å². The molecule has 0 aliphatic carbocycles. The predicted molar refractivity (Wildman–Crippen MR) is 124 cm³/mol. The Balaban J connectivity index is 3.05. The number of hydrogen-bond acceptors (Lipinski definition) is 8. The molecule has 4 atom stereocenters. The monoisotopic (exact) mass is 495 g/mol. The highest BCUT2D eigenvalue weighted by atomic mass is 16.4. The van der Waals surface area contributed by atoms with Gasteiger partial charge in [0.25, 0.3) is 0 Å². The molecule has 4 unspecified atom stereocenters. The van der Waals surface area contributed by atoms with Crippen molar-refractivity contribution in [3.8, 4) is 5.75 Å². The summed E-state index contributed by atoms with van der Waals surface area (Å²) in [6, 6.07) is 0.727. The molecule has 0 saturated heterocycles. The van der Waals surface area contributed by atoms with Crippen molar-refractivity contribution < 1.29 is 39.3 Å². The number of carboxylic acids is 1. The number of hydrogen-bond donors (Lipinski definition) is 8. The summed E-state index contributed by atoms with van der Waals surface area (Å²) in [5.74, 6) is -4.83. The largest absolute Gasteiger partial charge is 0.508 e. The Kier molecular flexibility index (Phi) is 11.6. The van der Waals surface area contributed by atoms with E-state index in [-0.39, 0.29) is 25.0 Å². The zero-order chi connectivity index (χ0) is 26.7. The van der Waals surface area contributed by atoms with Gasteiger partial charge in [-0.25, -0.2) is 4.79 Å². The standard InChI is InChI=1S/C22H33N5O8/c1-11(2)18(27-19(31)14(23)7-8-17(24)30)21(33)25-15(9-12-3-5-13(29)6-4-12)20(32)26-16(10-28)22(34)35/h3-6,11,14-16,18,28-29H,7-10,23H2,1-2H3,(H2,24,30)(H,25,33)(H,26,32)(H,27,31)(H,34,35). The minimum absolute atomic E-state index is 0.0136. The number of carbonyl (C=O) groups excluding carboxylic acids is 4. The number of carbonyl (C=O) groups is 5. The third kappa shape index (κ3) is 9.98. The van der Waals surface area contributed by atoms with E-state index in [4.69, 9.17) is 16.6 Å². The molecule has 0 saturated carbocycles. The van der Waals surface area contributed by atoms with E-state index in [1.807, 2.05) is 0 Å². The molecule has 1 rings (SSSR count). The summed E-state index contributed by atoms with van der Waals surface area (Å²) < 4.78 is 0. The Morgan fingerprint density at radius 2 is 1.49 bits per heavy atom. The van der Waals surface area contributed by atoms with Crippen LogP contribution in [0.3, 0.4) is 0 Å². The van der Waals surface area contributed by atoms with Gasteiger partial charge >= 0.3 is 5.97 Å². The number of rotatable bonds is 14. The molecule has 1 aromatic carbocycles. The fraction of sp³-hybridized carbons (Fsp3) is 0.500. The number of carboxylic acid groups (broad SMARTS) is 1. The van der Waals surface area contributed by atoms with Crippen LogP contribution in [0, 0.1) is 5.92 Å². The van der Waals surface area contributed by atoms with E-state index < -0.39 is 66.3 Å². The third-order valence-corrected chi connectivity index (χ3v) is 5.09. The summed E-state index contributed by atoms with van der Waals surface area (Å²) in [6.45, 7) is 2.44. The maximum atomic E-state index is 13.0. The average molecular weight is 496 g/mol. The summed E-state index contributed by atoms with van der Waals surface area (Å²) in [5.41, 5.74) is 11.4. The van der Waals surface area contributed by atoms with Crippen molar-refractivity contribution in [3.63, 3.8) is 0 Å². The van der Waals surface area contributed by atoms with Gasteiger partial charge in [0.1, 0.15) is 23.9 Å². The smallest absolute Gasteiger partial charge is 0.328 e. The summed E-state index contributed by atoms with van der Waals surface area (Å²) in [6.07, 6.45) is -0.207. The number of nitrogens with one attached hydrogen (secondary N) is 3. The van der Waals surface area contributed by atoms with Gasteiger partial charge in [-0.1, -0.05) is 26.0 Å². The molecule has 4 amide bonds. The van der Waals surface area contributed by atoms with E-state index in [9.17, 15) is 34.2 Å². The fourth-order valence-corrected chi connectivity index (χ4v) is 3.02. The quantitative estimate of drug-likeness (QED) is 0.138. The van der Waals surface area contributed by atoms with Crippen molar-refractivity contribution in [2.75, 3.05) is 6.61 Å². The zero-order valence-corrected chi connectivity index (χ0v) is 19.6. The van der Waals surface area contributed by atoms with Gasteiger partial charge in [0, 0.05) is 12.8 Å². The lowest BCUT2D eigenvalue weighted by atomic mass is 10.00. The SMILES string of the molecule is CC(C)C(NC(=O)C(N)CCC(N)=O)C(=O)NC(Cc1ccc(O)cc1)C(=O)NC(CO)C(=O)O. The second-order valence-corrected chi connectivity index (χ2v) is 8.36. The second kappa shape index (κ2) is 13.9. The van der Waals surface area contributed by atoms with Gasteiger partial charge in [-0.05, 0) is 30.0 Å². The van der Waals surface area contributed by atoms with E-state index in [0.29, 0.717) is 5.56 Å². The first-order valence-corrected chi connectivity index (χ1v) is 10.9. The molecule has 0 spiro atoms. The Morgan fingerprint density at radius 3 is 1.97 bits per heavy atom. The van der Waals surface area contributed by atoms with Crippen LogP contribution >= 0.6 is 0 Å². The molecule has 0 aliphatic rings. The number of primary amides is 1. The van der Waals surface area contributed by atoms with Gasteiger partial charge < -0.3 is 42.7 Å². The molecule has 0 radical (unpaired) electrons. The number of nitrogens with two attached hydrogens (primary N) is 2.